The molecule has 1 N–H and O–H groups in total. The van der Waals surface area contributed by atoms with Crippen LogP contribution in [0.1, 0.15) is 31.2 Å². The summed E-state index contributed by atoms with van der Waals surface area (Å²) in [5, 5.41) is 13.1. The number of piperidine rings is 1. The number of aryl methyl sites for hydroxylation is 1. The number of carboxylic acids is 1. The van der Waals surface area contributed by atoms with Crippen LogP contribution >= 0.6 is 11.3 Å². The summed E-state index contributed by atoms with van der Waals surface area (Å²) < 4.78 is 0. The van der Waals surface area contributed by atoms with Crippen molar-refractivity contribution in [3.63, 3.8) is 0 Å². The van der Waals surface area contributed by atoms with Gasteiger partial charge in [0, 0.05) is 13.0 Å². The van der Waals surface area contributed by atoms with Crippen molar-refractivity contribution in [3.05, 3.63) is 22.4 Å². The Morgan fingerprint density at radius 3 is 2.94 bits per heavy atom. The molecule has 2 rings (SSSR count). The van der Waals surface area contributed by atoms with Crippen LogP contribution in [0.4, 0.5) is 0 Å². The van der Waals surface area contributed by atoms with E-state index in [1.54, 1.807) is 11.3 Å². The topological polar surface area (TPSA) is 57.6 Å². The quantitative estimate of drug-likeness (QED) is 0.909. The van der Waals surface area contributed by atoms with Gasteiger partial charge in [-0.2, -0.15) is 11.3 Å². The standard InChI is InChI=1S/C13H17NO3S/c15-12(5-4-10-6-8-18-9-10)14-7-2-1-3-11(14)13(16)17/h6,8-9,11H,1-5,7H2,(H,16,17)/t11-/m1/s1. The monoisotopic (exact) mass is 267 g/mol. The first-order chi connectivity index (χ1) is 8.68. The first kappa shape index (κ1) is 13.1. The number of likely N-dealkylation sites (tertiary alicyclic amines) is 1. The minimum atomic E-state index is -0.876. The molecule has 0 spiro atoms. The highest BCUT2D eigenvalue weighted by Crippen LogP contribution is 2.19. The fourth-order valence-corrected chi connectivity index (χ4v) is 3.02. The average molecular weight is 267 g/mol. The molecule has 0 radical (unpaired) electrons. The number of rotatable bonds is 4. The SMILES string of the molecule is O=C(O)[C@H]1CCCCN1C(=O)CCc1ccsc1. The summed E-state index contributed by atoms with van der Waals surface area (Å²) in [7, 11) is 0. The molecule has 4 nitrogen and oxygen atoms in total. The van der Waals surface area contributed by atoms with E-state index in [2.05, 4.69) is 0 Å². The van der Waals surface area contributed by atoms with Crippen molar-refractivity contribution in [2.24, 2.45) is 0 Å². The van der Waals surface area contributed by atoms with Gasteiger partial charge in [-0.15, -0.1) is 0 Å². The number of carbonyl (C=O) groups excluding carboxylic acids is 1. The zero-order valence-corrected chi connectivity index (χ0v) is 11.0. The third-order valence-corrected chi connectivity index (χ3v) is 4.05. The first-order valence-corrected chi connectivity index (χ1v) is 7.16. The molecule has 1 fully saturated rings. The second-order valence-corrected chi connectivity index (χ2v) is 5.35. The molecule has 1 aromatic heterocycles. The number of nitrogens with zero attached hydrogens (tertiary/aromatic N) is 1. The average Bonchev–Trinajstić information content (AvgIpc) is 2.89. The van der Waals surface area contributed by atoms with Crippen LogP contribution < -0.4 is 0 Å². The van der Waals surface area contributed by atoms with Crippen molar-refractivity contribution in [1.82, 2.24) is 4.90 Å². The summed E-state index contributed by atoms with van der Waals surface area (Å²) in [5.41, 5.74) is 1.15. The van der Waals surface area contributed by atoms with Gasteiger partial charge in [-0.25, -0.2) is 4.79 Å². The van der Waals surface area contributed by atoms with E-state index >= 15 is 0 Å². The lowest BCUT2D eigenvalue weighted by atomic mass is 10.0. The third kappa shape index (κ3) is 3.10. The van der Waals surface area contributed by atoms with Gasteiger partial charge in [0.05, 0.1) is 0 Å². The number of thiophene rings is 1. The van der Waals surface area contributed by atoms with Gasteiger partial charge in [-0.1, -0.05) is 0 Å². The smallest absolute Gasteiger partial charge is 0.326 e. The van der Waals surface area contributed by atoms with Gasteiger partial charge in [-0.05, 0) is 48.1 Å². The summed E-state index contributed by atoms with van der Waals surface area (Å²) in [6.07, 6.45) is 3.49. The molecule has 0 saturated carbocycles. The normalized spacial score (nSPS) is 19.8. The molecule has 1 atom stereocenters. The van der Waals surface area contributed by atoms with Gasteiger partial charge in [0.15, 0.2) is 0 Å². The van der Waals surface area contributed by atoms with E-state index < -0.39 is 12.0 Å². The van der Waals surface area contributed by atoms with E-state index in [1.807, 2.05) is 16.8 Å². The Hall–Kier alpha value is -1.36. The summed E-state index contributed by atoms with van der Waals surface area (Å²) in [6.45, 7) is 0.583. The molecule has 18 heavy (non-hydrogen) atoms. The van der Waals surface area contributed by atoms with E-state index in [4.69, 9.17) is 5.11 Å². The Morgan fingerprint density at radius 1 is 1.44 bits per heavy atom. The van der Waals surface area contributed by atoms with E-state index in [1.165, 1.54) is 4.90 Å². The molecular weight excluding hydrogens is 250 g/mol. The van der Waals surface area contributed by atoms with Crippen molar-refractivity contribution < 1.29 is 14.7 Å². The lowest BCUT2D eigenvalue weighted by Crippen LogP contribution is -2.48. The Bertz CT molecular complexity index is 416. The Balaban J connectivity index is 1.92. The second kappa shape index (κ2) is 6.00. The van der Waals surface area contributed by atoms with Crippen molar-refractivity contribution >= 4 is 23.2 Å². The fraction of sp³-hybridized carbons (Fsp3) is 0.538. The summed E-state index contributed by atoms with van der Waals surface area (Å²) in [4.78, 5) is 24.7. The number of carbonyl (C=O) groups is 2. The maximum atomic E-state index is 12.1. The van der Waals surface area contributed by atoms with E-state index in [0.29, 0.717) is 25.8 Å². The lowest BCUT2D eigenvalue weighted by Gasteiger charge is -2.33. The predicted octanol–water partition coefficient (Wildman–Crippen LogP) is 2.15. The molecule has 1 aliphatic heterocycles. The van der Waals surface area contributed by atoms with Crippen molar-refractivity contribution in [2.45, 2.75) is 38.1 Å². The van der Waals surface area contributed by atoms with Crippen molar-refractivity contribution in [2.75, 3.05) is 6.54 Å². The predicted molar refractivity (Wildman–Crippen MR) is 69.6 cm³/mol. The molecule has 1 aliphatic rings. The van der Waals surface area contributed by atoms with Crippen LogP contribution in [-0.4, -0.2) is 34.5 Å². The van der Waals surface area contributed by atoms with Crippen LogP contribution in [0, 0.1) is 0 Å². The summed E-state index contributed by atoms with van der Waals surface area (Å²) in [6, 6.07) is 1.39. The zero-order chi connectivity index (χ0) is 13.0. The molecule has 0 unspecified atom stereocenters. The highest BCUT2D eigenvalue weighted by Gasteiger charge is 2.31. The summed E-state index contributed by atoms with van der Waals surface area (Å²) in [5.74, 6) is -0.910. The maximum Gasteiger partial charge on any atom is 0.326 e. The number of hydrogen-bond donors (Lipinski definition) is 1. The van der Waals surface area contributed by atoms with Crippen LogP contribution in [0.3, 0.4) is 0 Å². The minimum Gasteiger partial charge on any atom is -0.480 e. The highest BCUT2D eigenvalue weighted by atomic mass is 32.1. The third-order valence-electron chi connectivity index (χ3n) is 3.32. The van der Waals surface area contributed by atoms with Gasteiger partial charge >= 0.3 is 5.97 Å². The molecule has 98 valence electrons. The number of hydrogen-bond acceptors (Lipinski definition) is 3. The molecule has 1 saturated heterocycles. The van der Waals surface area contributed by atoms with Crippen molar-refractivity contribution in [1.29, 1.82) is 0 Å². The van der Waals surface area contributed by atoms with Gasteiger partial charge in [-0.3, -0.25) is 4.79 Å². The second-order valence-electron chi connectivity index (χ2n) is 4.57. The zero-order valence-electron chi connectivity index (χ0n) is 10.2. The Morgan fingerprint density at radius 2 is 2.28 bits per heavy atom. The molecule has 1 aromatic rings. The van der Waals surface area contributed by atoms with Crippen LogP contribution in [0.5, 0.6) is 0 Å². The fourth-order valence-electron chi connectivity index (χ4n) is 2.32. The molecular formula is C13H17NO3S. The number of carboxylic acid groups (broad SMARTS) is 1. The van der Waals surface area contributed by atoms with Crippen molar-refractivity contribution in [3.8, 4) is 0 Å². The number of amides is 1. The van der Waals surface area contributed by atoms with Crippen LogP contribution in [-0.2, 0) is 16.0 Å². The molecule has 2 heterocycles. The van der Waals surface area contributed by atoms with Crippen LogP contribution in [0.2, 0.25) is 0 Å². The molecule has 0 aliphatic carbocycles. The van der Waals surface area contributed by atoms with E-state index in [9.17, 15) is 9.59 Å². The lowest BCUT2D eigenvalue weighted by molar-refractivity contribution is -0.152. The van der Waals surface area contributed by atoms with E-state index in [0.717, 1.165) is 18.4 Å². The van der Waals surface area contributed by atoms with E-state index in [-0.39, 0.29) is 5.91 Å². The highest BCUT2D eigenvalue weighted by molar-refractivity contribution is 7.07. The van der Waals surface area contributed by atoms with Gasteiger partial charge in [0.25, 0.3) is 0 Å². The molecule has 1 amide bonds. The first-order valence-electron chi connectivity index (χ1n) is 6.22. The van der Waals surface area contributed by atoms with Crippen LogP contribution in [0.25, 0.3) is 0 Å². The van der Waals surface area contributed by atoms with Crippen LogP contribution in [0.15, 0.2) is 16.8 Å². The Kier molecular flexibility index (Phi) is 4.36. The molecule has 0 aromatic carbocycles. The van der Waals surface area contributed by atoms with Gasteiger partial charge in [0.2, 0.25) is 5.91 Å². The van der Waals surface area contributed by atoms with Gasteiger partial charge in [0.1, 0.15) is 6.04 Å². The Labute approximate surface area is 110 Å². The largest absolute Gasteiger partial charge is 0.480 e. The number of aliphatic carboxylic acids is 1. The molecule has 0 bridgehead atoms. The maximum absolute atomic E-state index is 12.1. The molecule has 5 heteroatoms. The summed E-state index contributed by atoms with van der Waals surface area (Å²) >= 11 is 1.61. The van der Waals surface area contributed by atoms with Gasteiger partial charge < -0.3 is 10.0 Å². The minimum absolute atomic E-state index is 0.0340.